The van der Waals surface area contributed by atoms with E-state index in [1.54, 1.807) is 0 Å². The molecule has 0 saturated heterocycles. The molecule has 44 heavy (non-hydrogen) atoms. The van der Waals surface area contributed by atoms with E-state index in [-0.39, 0.29) is 0 Å². The van der Waals surface area contributed by atoms with Gasteiger partial charge in [-0.1, -0.05) is 133 Å². The molecule has 2 heterocycles. The Kier molecular flexibility index (Phi) is 5.54. The summed E-state index contributed by atoms with van der Waals surface area (Å²) in [6.07, 6.45) is 0. The first-order valence-electron chi connectivity index (χ1n) is 15.1. The zero-order chi connectivity index (χ0) is 29.0. The van der Waals surface area contributed by atoms with Crippen LogP contribution in [0.2, 0.25) is 0 Å². The molecule has 0 saturated carbocycles. The normalized spacial score (nSPS) is 11.6. The monoisotopic (exact) mass is 560 g/mol. The Morgan fingerprint density at radius 2 is 0.864 bits per heavy atom. The van der Waals surface area contributed by atoms with E-state index in [0.717, 1.165) is 11.4 Å². The van der Waals surface area contributed by atoms with Crippen molar-refractivity contribution < 1.29 is 0 Å². The lowest BCUT2D eigenvalue weighted by Crippen LogP contribution is -1.98. The van der Waals surface area contributed by atoms with Crippen molar-refractivity contribution in [1.29, 1.82) is 0 Å². The highest BCUT2D eigenvalue weighted by atomic mass is 15.0. The van der Waals surface area contributed by atoms with Gasteiger partial charge in [0.1, 0.15) is 0 Å². The molecular formula is C42H28N2. The van der Waals surface area contributed by atoms with Crippen LogP contribution in [0.15, 0.2) is 170 Å². The van der Waals surface area contributed by atoms with Gasteiger partial charge in [0.25, 0.3) is 0 Å². The standard InChI is InChI=1S/C42H28N2/c1-4-14-29(15-5-1)31-18-12-21-33(28-31)44-38-24-11-10-22-35(38)36-26-27-37-40-34(30-16-6-2-7-17-30)23-13-25-39(40)43(42(37)41(36)44)32-19-8-3-9-20-32/h1-28H. The van der Waals surface area contributed by atoms with Crippen molar-refractivity contribution in [1.82, 2.24) is 9.13 Å². The Morgan fingerprint density at radius 3 is 1.66 bits per heavy atom. The lowest BCUT2D eigenvalue weighted by Gasteiger charge is -2.13. The maximum Gasteiger partial charge on any atom is 0.0789 e. The molecule has 0 aliphatic carbocycles. The highest BCUT2D eigenvalue weighted by molar-refractivity contribution is 6.26. The van der Waals surface area contributed by atoms with Crippen LogP contribution in [-0.4, -0.2) is 9.13 Å². The molecule has 0 N–H and O–H groups in total. The van der Waals surface area contributed by atoms with E-state index in [2.05, 4.69) is 179 Å². The summed E-state index contributed by atoms with van der Waals surface area (Å²) in [5.74, 6) is 0. The molecule has 2 nitrogen and oxygen atoms in total. The van der Waals surface area contributed by atoms with Crippen molar-refractivity contribution in [3.8, 4) is 33.6 Å². The van der Waals surface area contributed by atoms with Gasteiger partial charge in [-0.15, -0.1) is 0 Å². The predicted octanol–water partition coefficient (Wildman–Crippen LogP) is 11.2. The van der Waals surface area contributed by atoms with E-state index in [9.17, 15) is 0 Å². The van der Waals surface area contributed by atoms with Crippen molar-refractivity contribution in [2.24, 2.45) is 0 Å². The molecule has 0 aliphatic heterocycles. The second-order valence-corrected chi connectivity index (χ2v) is 11.4. The average molecular weight is 561 g/mol. The van der Waals surface area contributed by atoms with Gasteiger partial charge >= 0.3 is 0 Å². The summed E-state index contributed by atoms with van der Waals surface area (Å²) < 4.78 is 4.94. The molecular weight excluding hydrogens is 532 g/mol. The minimum Gasteiger partial charge on any atom is -0.307 e. The van der Waals surface area contributed by atoms with Crippen LogP contribution in [0.4, 0.5) is 0 Å². The van der Waals surface area contributed by atoms with Crippen molar-refractivity contribution >= 4 is 43.6 Å². The van der Waals surface area contributed by atoms with Gasteiger partial charge in [-0.05, 0) is 58.7 Å². The number of hydrogen-bond acceptors (Lipinski definition) is 0. The van der Waals surface area contributed by atoms with Gasteiger partial charge in [0.2, 0.25) is 0 Å². The van der Waals surface area contributed by atoms with E-state index in [4.69, 9.17) is 0 Å². The minimum absolute atomic E-state index is 1.15. The molecule has 9 rings (SSSR count). The number of fused-ring (bicyclic) bond motifs is 7. The molecule has 2 aromatic heterocycles. The first-order valence-corrected chi connectivity index (χ1v) is 15.1. The van der Waals surface area contributed by atoms with Crippen LogP contribution in [0.3, 0.4) is 0 Å². The molecule has 7 aromatic carbocycles. The molecule has 0 amide bonds. The fourth-order valence-electron chi connectivity index (χ4n) is 7.03. The molecule has 2 heteroatoms. The van der Waals surface area contributed by atoms with Gasteiger partial charge < -0.3 is 9.13 Å². The Balaban J connectivity index is 1.48. The van der Waals surface area contributed by atoms with Crippen LogP contribution in [0.5, 0.6) is 0 Å². The number of benzene rings is 7. The third-order valence-corrected chi connectivity index (χ3v) is 8.90. The third kappa shape index (κ3) is 3.68. The average Bonchev–Trinajstić information content (AvgIpc) is 3.63. The first kappa shape index (κ1) is 24.7. The van der Waals surface area contributed by atoms with Crippen LogP contribution in [0, 0.1) is 0 Å². The predicted molar refractivity (Wildman–Crippen MR) is 186 cm³/mol. The van der Waals surface area contributed by atoms with Crippen LogP contribution in [0.25, 0.3) is 77.2 Å². The van der Waals surface area contributed by atoms with Crippen LogP contribution >= 0.6 is 0 Å². The quantitative estimate of drug-likeness (QED) is 0.203. The van der Waals surface area contributed by atoms with Crippen molar-refractivity contribution in [3.63, 3.8) is 0 Å². The van der Waals surface area contributed by atoms with Gasteiger partial charge in [-0.2, -0.15) is 0 Å². The van der Waals surface area contributed by atoms with Crippen molar-refractivity contribution in [3.05, 3.63) is 170 Å². The summed E-state index contributed by atoms with van der Waals surface area (Å²) in [6, 6.07) is 61.3. The third-order valence-electron chi connectivity index (χ3n) is 8.90. The van der Waals surface area contributed by atoms with Gasteiger partial charge in [0.15, 0.2) is 0 Å². The summed E-state index contributed by atoms with van der Waals surface area (Å²) in [7, 11) is 0. The summed E-state index contributed by atoms with van der Waals surface area (Å²) in [5, 5.41) is 5.02. The number of rotatable bonds is 4. The SMILES string of the molecule is c1ccc(-c2cccc(-n3c4ccccc4c4ccc5c6c(-c7ccccc7)cccc6n(-c6ccccc6)c5c43)c2)cc1. The van der Waals surface area contributed by atoms with Crippen molar-refractivity contribution in [2.45, 2.75) is 0 Å². The molecule has 0 fully saturated rings. The number of hydrogen-bond donors (Lipinski definition) is 0. The molecule has 206 valence electrons. The summed E-state index contributed by atoms with van der Waals surface area (Å²) in [5.41, 5.74) is 12.0. The maximum absolute atomic E-state index is 2.47. The zero-order valence-corrected chi connectivity index (χ0v) is 24.1. The highest BCUT2D eigenvalue weighted by Gasteiger charge is 2.22. The summed E-state index contributed by atoms with van der Waals surface area (Å²) in [4.78, 5) is 0. The Morgan fingerprint density at radius 1 is 0.318 bits per heavy atom. The fraction of sp³-hybridized carbons (Fsp3) is 0. The van der Waals surface area contributed by atoms with Gasteiger partial charge in [-0.3, -0.25) is 0 Å². The second kappa shape index (κ2) is 9.86. The van der Waals surface area contributed by atoms with Crippen molar-refractivity contribution in [2.75, 3.05) is 0 Å². The molecule has 0 aliphatic rings. The highest BCUT2D eigenvalue weighted by Crippen LogP contribution is 2.44. The van der Waals surface area contributed by atoms with E-state index in [1.165, 1.54) is 65.9 Å². The van der Waals surface area contributed by atoms with Crippen LogP contribution < -0.4 is 0 Å². The molecule has 9 aromatic rings. The van der Waals surface area contributed by atoms with E-state index in [1.807, 2.05) is 0 Å². The number of nitrogens with zero attached hydrogens (tertiary/aromatic N) is 2. The van der Waals surface area contributed by atoms with Gasteiger partial charge in [-0.25, -0.2) is 0 Å². The second-order valence-electron chi connectivity index (χ2n) is 11.4. The summed E-state index contributed by atoms with van der Waals surface area (Å²) in [6.45, 7) is 0. The van der Waals surface area contributed by atoms with Gasteiger partial charge in [0.05, 0.1) is 22.1 Å². The molecule has 0 unspecified atom stereocenters. The van der Waals surface area contributed by atoms with Gasteiger partial charge in [0, 0.05) is 32.9 Å². The van der Waals surface area contributed by atoms with Crippen LogP contribution in [0.1, 0.15) is 0 Å². The number of para-hydroxylation sites is 2. The minimum atomic E-state index is 1.15. The lowest BCUT2D eigenvalue weighted by atomic mass is 9.99. The Bertz CT molecular complexity index is 2470. The Hall–Kier alpha value is -5.86. The zero-order valence-electron chi connectivity index (χ0n) is 24.1. The van der Waals surface area contributed by atoms with E-state index < -0.39 is 0 Å². The maximum atomic E-state index is 2.47. The first-order chi connectivity index (χ1) is 21.9. The van der Waals surface area contributed by atoms with E-state index >= 15 is 0 Å². The van der Waals surface area contributed by atoms with Crippen LogP contribution in [-0.2, 0) is 0 Å². The molecule has 0 spiro atoms. The smallest absolute Gasteiger partial charge is 0.0789 e. The lowest BCUT2D eigenvalue weighted by molar-refractivity contribution is 1.15. The molecule has 0 bridgehead atoms. The molecule has 0 atom stereocenters. The topological polar surface area (TPSA) is 9.86 Å². The fourth-order valence-corrected chi connectivity index (χ4v) is 7.03. The summed E-state index contributed by atoms with van der Waals surface area (Å²) >= 11 is 0. The number of aromatic nitrogens is 2. The largest absolute Gasteiger partial charge is 0.307 e. The van der Waals surface area contributed by atoms with E-state index in [0.29, 0.717) is 0 Å². The Labute approximate surface area is 255 Å². The molecule has 0 radical (unpaired) electrons.